The van der Waals surface area contributed by atoms with Crippen molar-refractivity contribution < 1.29 is 13.9 Å². The van der Waals surface area contributed by atoms with Crippen LogP contribution in [0.5, 0.6) is 5.75 Å². The third-order valence-electron chi connectivity index (χ3n) is 5.46. The summed E-state index contributed by atoms with van der Waals surface area (Å²) >= 11 is 0. The van der Waals surface area contributed by atoms with E-state index in [0.717, 1.165) is 39.0 Å². The van der Waals surface area contributed by atoms with Gasteiger partial charge in [0.15, 0.2) is 0 Å². The van der Waals surface area contributed by atoms with E-state index >= 15 is 0 Å². The summed E-state index contributed by atoms with van der Waals surface area (Å²) in [6.07, 6.45) is 3.93. The Kier molecular flexibility index (Phi) is 5.34. The number of ether oxygens (including phenoxy) is 1. The maximum absolute atomic E-state index is 13.0. The first-order chi connectivity index (χ1) is 13.2. The summed E-state index contributed by atoms with van der Waals surface area (Å²) in [5.41, 5.74) is 0.519. The van der Waals surface area contributed by atoms with E-state index in [-0.39, 0.29) is 11.7 Å². The maximum Gasteiger partial charge on any atom is 0.272 e. The van der Waals surface area contributed by atoms with Gasteiger partial charge in [0.1, 0.15) is 23.9 Å². The minimum absolute atomic E-state index is 0.0249. The molecule has 0 spiro atoms. The number of carbonyl (C=O) groups excluding carboxylic acids is 1. The number of carbonyl (C=O) groups is 1. The lowest BCUT2D eigenvalue weighted by atomic mass is 9.95. The molecule has 0 radical (unpaired) electrons. The summed E-state index contributed by atoms with van der Waals surface area (Å²) in [5, 5.41) is 0. The number of amides is 1. The average molecular weight is 369 g/mol. The number of fused-ring (bicyclic) bond motifs is 4. The second-order valence-corrected chi connectivity index (χ2v) is 7.32. The quantitative estimate of drug-likeness (QED) is 0.813. The van der Waals surface area contributed by atoms with Crippen molar-refractivity contribution in [2.45, 2.75) is 18.9 Å². The first-order valence-electron chi connectivity index (χ1n) is 9.52. The van der Waals surface area contributed by atoms with E-state index < -0.39 is 0 Å². The van der Waals surface area contributed by atoms with Crippen LogP contribution in [-0.2, 0) is 0 Å². The highest BCUT2D eigenvalue weighted by Gasteiger charge is 2.36. The standard InChI is InChI=1S/C21H24FN3O2/c22-17-5-8-19(9-6-17)27-12-11-24-13-16-4-7-18(24)15-25(14-16)21(26)20-3-1-2-10-23-20/h1-3,5-6,8-10,16,18H,4,7,11-15H2/t16-,18-/m0/s1. The van der Waals surface area contributed by atoms with E-state index in [1.807, 2.05) is 17.0 Å². The summed E-state index contributed by atoms with van der Waals surface area (Å²) in [6.45, 7) is 3.89. The van der Waals surface area contributed by atoms with Crippen LogP contribution in [0.2, 0.25) is 0 Å². The van der Waals surface area contributed by atoms with Crippen molar-refractivity contribution in [2.75, 3.05) is 32.8 Å². The number of hydrogen-bond acceptors (Lipinski definition) is 4. The molecule has 3 saturated heterocycles. The van der Waals surface area contributed by atoms with Gasteiger partial charge in [-0.1, -0.05) is 6.07 Å². The van der Waals surface area contributed by atoms with E-state index in [4.69, 9.17) is 4.74 Å². The zero-order valence-corrected chi connectivity index (χ0v) is 15.3. The van der Waals surface area contributed by atoms with Crippen LogP contribution >= 0.6 is 0 Å². The van der Waals surface area contributed by atoms with Crippen molar-refractivity contribution in [1.82, 2.24) is 14.8 Å². The highest BCUT2D eigenvalue weighted by molar-refractivity contribution is 5.92. The molecule has 2 atom stereocenters. The van der Waals surface area contributed by atoms with Gasteiger partial charge in [-0.2, -0.15) is 0 Å². The number of pyridine rings is 1. The van der Waals surface area contributed by atoms with E-state index in [9.17, 15) is 9.18 Å². The largest absolute Gasteiger partial charge is 0.492 e. The topological polar surface area (TPSA) is 45.7 Å². The lowest BCUT2D eigenvalue weighted by Crippen LogP contribution is -2.46. The molecule has 5 rings (SSSR count). The SMILES string of the molecule is O=C(c1ccccn1)N1C[C@H]2CC[C@@H](C1)N(CCOc1ccc(F)cc1)C2. The number of piperidine rings is 1. The van der Waals surface area contributed by atoms with Gasteiger partial charge in [0.2, 0.25) is 0 Å². The Morgan fingerprint density at radius 2 is 1.96 bits per heavy atom. The molecule has 5 nitrogen and oxygen atoms in total. The van der Waals surface area contributed by atoms with Crippen molar-refractivity contribution >= 4 is 5.91 Å². The molecule has 1 aromatic heterocycles. The predicted molar refractivity (Wildman–Crippen MR) is 100 cm³/mol. The van der Waals surface area contributed by atoms with Crippen molar-refractivity contribution in [2.24, 2.45) is 5.92 Å². The predicted octanol–water partition coefficient (Wildman–Crippen LogP) is 2.84. The fourth-order valence-electron chi connectivity index (χ4n) is 4.08. The van der Waals surface area contributed by atoms with E-state index in [1.54, 1.807) is 24.4 Å². The zero-order chi connectivity index (χ0) is 18.6. The van der Waals surface area contributed by atoms with Gasteiger partial charge >= 0.3 is 0 Å². The average Bonchev–Trinajstić information content (AvgIpc) is 3.01. The van der Waals surface area contributed by atoms with Gasteiger partial charge in [-0.05, 0) is 55.2 Å². The van der Waals surface area contributed by atoms with Crippen LogP contribution < -0.4 is 4.74 Å². The molecule has 0 saturated carbocycles. The molecule has 3 aliphatic heterocycles. The molecule has 2 bridgehead atoms. The number of aromatic nitrogens is 1. The van der Waals surface area contributed by atoms with Gasteiger partial charge < -0.3 is 9.64 Å². The van der Waals surface area contributed by atoms with Crippen LogP contribution in [-0.4, -0.2) is 59.5 Å². The van der Waals surface area contributed by atoms with E-state index in [0.29, 0.717) is 30.0 Å². The molecular formula is C21H24FN3O2. The van der Waals surface area contributed by atoms with Crippen molar-refractivity contribution in [3.8, 4) is 5.75 Å². The normalized spacial score (nSPS) is 22.5. The lowest BCUT2D eigenvalue weighted by molar-refractivity contribution is 0.0727. The Bertz CT molecular complexity index is 769. The second-order valence-electron chi connectivity index (χ2n) is 7.32. The summed E-state index contributed by atoms with van der Waals surface area (Å²) in [5.74, 6) is 0.937. The molecule has 3 fully saturated rings. The van der Waals surface area contributed by atoms with Gasteiger partial charge in [0.05, 0.1) is 0 Å². The van der Waals surface area contributed by atoms with Crippen LogP contribution in [0.25, 0.3) is 0 Å². The van der Waals surface area contributed by atoms with Crippen molar-refractivity contribution in [1.29, 1.82) is 0 Å². The number of hydrogen-bond donors (Lipinski definition) is 0. The molecule has 0 N–H and O–H groups in total. The van der Waals surface area contributed by atoms with E-state index in [2.05, 4.69) is 9.88 Å². The number of nitrogens with zero attached hydrogens (tertiary/aromatic N) is 3. The molecule has 0 unspecified atom stereocenters. The molecular weight excluding hydrogens is 345 g/mol. The molecule has 142 valence electrons. The fraction of sp³-hybridized carbons (Fsp3) is 0.429. The third kappa shape index (κ3) is 4.27. The first kappa shape index (κ1) is 17.9. The summed E-state index contributed by atoms with van der Waals surface area (Å²) in [6, 6.07) is 11.9. The minimum Gasteiger partial charge on any atom is -0.492 e. The van der Waals surface area contributed by atoms with Gasteiger partial charge in [0, 0.05) is 38.4 Å². The lowest BCUT2D eigenvalue weighted by Gasteiger charge is -2.35. The monoisotopic (exact) mass is 369 g/mol. The number of rotatable bonds is 5. The number of halogens is 1. The van der Waals surface area contributed by atoms with Crippen LogP contribution in [0.15, 0.2) is 48.7 Å². The van der Waals surface area contributed by atoms with Crippen molar-refractivity contribution in [3.05, 3.63) is 60.2 Å². The first-order valence-corrected chi connectivity index (χ1v) is 9.52. The molecule has 4 heterocycles. The molecule has 0 aliphatic carbocycles. The Balaban J connectivity index is 1.35. The smallest absolute Gasteiger partial charge is 0.272 e. The Hall–Kier alpha value is -2.47. The van der Waals surface area contributed by atoms with E-state index in [1.165, 1.54) is 12.1 Å². The summed E-state index contributed by atoms with van der Waals surface area (Å²) in [7, 11) is 0. The van der Waals surface area contributed by atoms with Crippen LogP contribution in [0.3, 0.4) is 0 Å². The van der Waals surface area contributed by atoms with Crippen LogP contribution in [0.1, 0.15) is 23.3 Å². The highest BCUT2D eigenvalue weighted by atomic mass is 19.1. The Morgan fingerprint density at radius 3 is 2.74 bits per heavy atom. The maximum atomic E-state index is 13.0. The second kappa shape index (κ2) is 8.05. The molecule has 3 aliphatic rings. The zero-order valence-electron chi connectivity index (χ0n) is 15.3. The van der Waals surface area contributed by atoms with Crippen molar-refractivity contribution in [3.63, 3.8) is 0 Å². The van der Waals surface area contributed by atoms with Gasteiger partial charge in [0.25, 0.3) is 5.91 Å². The minimum atomic E-state index is -0.259. The third-order valence-corrected chi connectivity index (χ3v) is 5.46. The van der Waals surface area contributed by atoms with Gasteiger partial charge in [-0.3, -0.25) is 14.7 Å². The fourth-order valence-corrected chi connectivity index (χ4v) is 4.08. The molecule has 27 heavy (non-hydrogen) atoms. The Labute approximate surface area is 158 Å². The highest BCUT2D eigenvalue weighted by Crippen LogP contribution is 2.28. The van der Waals surface area contributed by atoms with Gasteiger partial charge in [-0.25, -0.2) is 4.39 Å². The molecule has 2 aromatic rings. The molecule has 1 aromatic carbocycles. The van der Waals surface area contributed by atoms with Gasteiger partial charge in [-0.15, -0.1) is 0 Å². The summed E-state index contributed by atoms with van der Waals surface area (Å²) in [4.78, 5) is 21.4. The van der Waals surface area contributed by atoms with Crippen LogP contribution in [0, 0.1) is 11.7 Å². The van der Waals surface area contributed by atoms with Crippen LogP contribution in [0.4, 0.5) is 4.39 Å². The number of benzene rings is 1. The summed E-state index contributed by atoms with van der Waals surface area (Å²) < 4.78 is 18.7. The molecule has 1 amide bonds. The Morgan fingerprint density at radius 1 is 1.11 bits per heavy atom. The molecule has 6 heteroatoms.